The summed E-state index contributed by atoms with van der Waals surface area (Å²) in [4.78, 5) is 0. The van der Waals surface area contributed by atoms with Crippen LogP contribution >= 0.6 is 0 Å². The summed E-state index contributed by atoms with van der Waals surface area (Å²) in [7, 11) is 0. The first-order valence-electron chi connectivity index (χ1n) is 8.23. The second kappa shape index (κ2) is 7.84. The monoisotopic (exact) mass is 291 g/mol. The first-order valence-corrected chi connectivity index (χ1v) is 8.23. The Morgan fingerprint density at radius 3 is 2.10 bits per heavy atom. The van der Waals surface area contributed by atoms with E-state index < -0.39 is 0 Å². The minimum Gasteiger partial charge on any atom is -0.494 e. The molecule has 0 unspecified atom stereocenters. The SMILES string of the molecule is CCC(C)(C)c1ccc(OCCCCNC(C)(C)C)cc1. The van der Waals surface area contributed by atoms with Crippen LogP contribution in [0.5, 0.6) is 5.75 Å². The van der Waals surface area contributed by atoms with Crippen LogP contribution in [0.2, 0.25) is 0 Å². The Morgan fingerprint density at radius 2 is 1.57 bits per heavy atom. The zero-order chi connectivity index (χ0) is 15.9. The van der Waals surface area contributed by atoms with Crippen molar-refractivity contribution in [1.29, 1.82) is 0 Å². The van der Waals surface area contributed by atoms with E-state index in [9.17, 15) is 0 Å². The number of hydrogen-bond donors (Lipinski definition) is 1. The maximum atomic E-state index is 5.81. The van der Waals surface area contributed by atoms with E-state index in [0.29, 0.717) is 0 Å². The highest BCUT2D eigenvalue weighted by molar-refractivity contribution is 5.31. The molecule has 21 heavy (non-hydrogen) atoms. The van der Waals surface area contributed by atoms with Crippen LogP contribution in [0.1, 0.15) is 66.4 Å². The van der Waals surface area contributed by atoms with Crippen LogP contribution in [0.15, 0.2) is 24.3 Å². The Balaban J connectivity index is 2.28. The van der Waals surface area contributed by atoms with E-state index in [1.54, 1.807) is 0 Å². The van der Waals surface area contributed by atoms with E-state index in [1.807, 2.05) is 0 Å². The third-order valence-corrected chi connectivity index (χ3v) is 4.01. The number of unbranched alkanes of at least 4 members (excludes halogenated alkanes) is 1. The summed E-state index contributed by atoms with van der Waals surface area (Å²) in [5.41, 5.74) is 1.84. The molecule has 0 saturated heterocycles. The van der Waals surface area contributed by atoms with Crippen molar-refractivity contribution in [3.63, 3.8) is 0 Å². The van der Waals surface area contributed by atoms with E-state index in [0.717, 1.165) is 38.2 Å². The van der Waals surface area contributed by atoms with Crippen LogP contribution in [0.3, 0.4) is 0 Å². The second-order valence-electron chi connectivity index (χ2n) is 7.49. The molecule has 1 aromatic carbocycles. The summed E-state index contributed by atoms with van der Waals surface area (Å²) in [5.74, 6) is 0.981. The standard InChI is InChI=1S/C19H33NO/c1-7-19(5,6)16-10-12-17(13-11-16)21-15-9-8-14-20-18(2,3)4/h10-13,20H,7-9,14-15H2,1-6H3. The molecule has 0 aliphatic carbocycles. The topological polar surface area (TPSA) is 21.3 Å². The molecular weight excluding hydrogens is 258 g/mol. The van der Waals surface area contributed by atoms with Crippen molar-refractivity contribution >= 4 is 0 Å². The predicted octanol–water partition coefficient (Wildman–Crippen LogP) is 4.92. The van der Waals surface area contributed by atoms with Crippen molar-refractivity contribution in [2.24, 2.45) is 0 Å². The molecule has 0 saturated carbocycles. The van der Waals surface area contributed by atoms with Crippen molar-refractivity contribution in [1.82, 2.24) is 5.32 Å². The van der Waals surface area contributed by atoms with Crippen molar-refractivity contribution in [3.8, 4) is 5.75 Å². The molecular formula is C19H33NO. The average Bonchev–Trinajstić information content (AvgIpc) is 2.42. The van der Waals surface area contributed by atoms with Gasteiger partial charge in [-0.25, -0.2) is 0 Å². The van der Waals surface area contributed by atoms with E-state index in [4.69, 9.17) is 4.74 Å². The zero-order valence-electron chi connectivity index (χ0n) is 14.8. The average molecular weight is 291 g/mol. The highest BCUT2D eigenvalue weighted by atomic mass is 16.5. The van der Waals surface area contributed by atoms with Gasteiger partial charge in [0.05, 0.1) is 6.61 Å². The van der Waals surface area contributed by atoms with Gasteiger partial charge in [-0.15, -0.1) is 0 Å². The fourth-order valence-corrected chi connectivity index (χ4v) is 2.09. The molecule has 120 valence electrons. The minimum atomic E-state index is 0.211. The van der Waals surface area contributed by atoms with Crippen LogP contribution in [0.25, 0.3) is 0 Å². The lowest BCUT2D eigenvalue weighted by Gasteiger charge is -2.23. The zero-order valence-corrected chi connectivity index (χ0v) is 14.8. The number of ether oxygens (including phenoxy) is 1. The maximum Gasteiger partial charge on any atom is 0.119 e. The van der Waals surface area contributed by atoms with Gasteiger partial charge in [0.15, 0.2) is 0 Å². The van der Waals surface area contributed by atoms with E-state index >= 15 is 0 Å². The van der Waals surface area contributed by atoms with Gasteiger partial charge in [-0.1, -0.05) is 32.9 Å². The van der Waals surface area contributed by atoms with Gasteiger partial charge < -0.3 is 10.1 Å². The Hall–Kier alpha value is -1.02. The number of hydrogen-bond acceptors (Lipinski definition) is 2. The Kier molecular flexibility index (Phi) is 6.73. The number of benzene rings is 1. The smallest absolute Gasteiger partial charge is 0.119 e. The summed E-state index contributed by atoms with van der Waals surface area (Å²) >= 11 is 0. The predicted molar refractivity (Wildman–Crippen MR) is 92.2 cm³/mol. The van der Waals surface area contributed by atoms with E-state index in [-0.39, 0.29) is 11.0 Å². The number of rotatable bonds is 8. The lowest BCUT2D eigenvalue weighted by atomic mass is 9.82. The Morgan fingerprint density at radius 1 is 0.952 bits per heavy atom. The van der Waals surface area contributed by atoms with Gasteiger partial charge in [-0.2, -0.15) is 0 Å². The maximum absolute atomic E-state index is 5.81. The molecule has 1 rings (SSSR count). The third kappa shape index (κ3) is 6.99. The van der Waals surface area contributed by atoms with Gasteiger partial charge in [0, 0.05) is 5.54 Å². The lowest BCUT2D eigenvalue weighted by Crippen LogP contribution is -2.36. The van der Waals surface area contributed by atoms with Crippen molar-refractivity contribution in [2.75, 3.05) is 13.2 Å². The van der Waals surface area contributed by atoms with Gasteiger partial charge >= 0.3 is 0 Å². The Bertz CT molecular complexity index is 401. The van der Waals surface area contributed by atoms with Crippen LogP contribution < -0.4 is 10.1 Å². The van der Waals surface area contributed by atoms with Crippen LogP contribution in [0, 0.1) is 0 Å². The van der Waals surface area contributed by atoms with Crippen LogP contribution in [0.4, 0.5) is 0 Å². The lowest BCUT2D eigenvalue weighted by molar-refractivity contribution is 0.301. The molecule has 0 aromatic heterocycles. The Labute approximate surface area is 131 Å². The highest BCUT2D eigenvalue weighted by Crippen LogP contribution is 2.28. The van der Waals surface area contributed by atoms with Crippen LogP contribution in [-0.4, -0.2) is 18.7 Å². The highest BCUT2D eigenvalue weighted by Gasteiger charge is 2.17. The van der Waals surface area contributed by atoms with Crippen molar-refractivity contribution in [3.05, 3.63) is 29.8 Å². The fraction of sp³-hybridized carbons (Fsp3) is 0.684. The minimum absolute atomic E-state index is 0.211. The van der Waals surface area contributed by atoms with Crippen molar-refractivity contribution < 1.29 is 4.74 Å². The summed E-state index contributed by atoms with van der Waals surface area (Å²) in [5, 5.41) is 3.50. The van der Waals surface area contributed by atoms with Gasteiger partial charge in [0.25, 0.3) is 0 Å². The van der Waals surface area contributed by atoms with Crippen LogP contribution in [-0.2, 0) is 5.41 Å². The molecule has 0 aliphatic heterocycles. The van der Waals surface area contributed by atoms with Gasteiger partial charge in [0.2, 0.25) is 0 Å². The molecule has 0 atom stereocenters. The van der Waals surface area contributed by atoms with Gasteiger partial charge in [-0.05, 0) is 69.7 Å². The summed E-state index contributed by atoms with van der Waals surface area (Å²) in [6.07, 6.45) is 3.39. The van der Waals surface area contributed by atoms with Gasteiger partial charge in [-0.3, -0.25) is 0 Å². The van der Waals surface area contributed by atoms with E-state index in [2.05, 4.69) is 71.1 Å². The van der Waals surface area contributed by atoms with Crippen molar-refractivity contribution in [2.45, 2.75) is 71.8 Å². The third-order valence-electron chi connectivity index (χ3n) is 4.01. The molecule has 1 aromatic rings. The normalized spacial score (nSPS) is 12.5. The van der Waals surface area contributed by atoms with E-state index in [1.165, 1.54) is 5.56 Å². The molecule has 0 spiro atoms. The molecule has 2 heteroatoms. The fourth-order valence-electron chi connectivity index (χ4n) is 2.09. The molecule has 2 nitrogen and oxygen atoms in total. The second-order valence-corrected chi connectivity index (χ2v) is 7.49. The summed E-state index contributed by atoms with van der Waals surface area (Å²) < 4.78 is 5.81. The molecule has 1 N–H and O–H groups in total. The molecule has 0 fully saturated rings. The molecule has 0 bridgehead atoms. The number of nitrogens with one attached hydrogen (secondary N) is 1. The summed E-state index contributed by atoms with van der Waals surface area (Å²) in [6.45, 7) is 15.2. The molecule has 0 amide bonds. The molecule has 0 aliphatic rings. The first kappa shape index (κ1) is 18.0. The largest absolute Gasteiger partial charge is 0.494 e. The van der Waals surface area contributed by atoms with Gasteiger partial charge in [0.1, 0.15) is 5.75 Å². The molecule has 0 radical (unpaired) electrons. The first-order chi connectivity index (χ1) is 9.74. The molecule has 0 heterocycles. The quantitative estimate of drug-likeness (QED) is 0.686. The summed E-state index contributed by atoms with van der Waals surface area (Å²) in [6, 6.07) is 8.58.